The predicted octanol–water partition coefficient (Wildman–Crippen LogP) is 4.76. The molecule has 0 saturated carbocycles. The van der Waals surface area contributed by atoms with E-state index in [4.69, 9.17) is 18.9 Å². The maximum absolute atomic E-state index is 15.3. The summed E-state index contributed by atoms with van der Waals surface area (Å²) in [7, 11) is 4.13. The van der Waals surface area contributed by atoms with Crippen molar-refractivity contribution < 1.29 is 89.1 Å². The molecule has 0 aliphatic carbocycles. The smallest absolute Gasteiger partial charge is 0.550 e. The molecule has 17 heteroatoms. The SMILES string of the molecule is COc1cc(CN(Cc2cc(C(F)(F)F)cc(C(F)(F)F)c2)c2ncc(OCCCC(=O)[O-])cn2)c(-c2cc(C(C)(C)C)c(F)cc2OC)cc1OC.[Na+]. The Morgan fingerprint density at radius 2 is 1.31 bits per heavy atom. The van der Waals surface area contributed by atoms with E-state index in [-0.39, 0.29) is 96.1 Å². The summed E-state index contributed by atoms with van der Waals surface area (Å²) < 4.78 is 121. The molecule has 54 heavy (non-hydrogen) atoms. The topological polar surface area (TPSA) is 106 Å². The molecular formula is C37H37F7N3NaO6. The molecule has 0 bridgehead atoms. The van der Waals surface area contributed by atoms with E-state index in [0.29, 0.717) is 34.4 Å². The van der Waals surface area contributed by atoms with Crippen molar-refractivity contribution >= 4 is 11.9 Å². The normalized spacial score (nSPS) is 11.8. The number of halogens is 7. The Bertz CT molecular complexity index is 1880. The fourth-order valence-electron chi connectivity index (χ4n) is 5.50. The first-order valence-electron chi connectivity index (χ1n) is 16.1. The van der Waals surface area contributed by atoms with Crippen LogP contribution in [0.2, 0.25) is 0 Å². The van der Waals surface area contributed by atoms with Gasteiger partial charge in [-0.15, -0.1) is 0 Å². The predicted molar refractivity (Wildman–Crippen MR) is 178 cm³/mol. The number of carbonyl (C=O) groups is 1. The number of hydrogen-bond donors (Lipinski definition) is 0. The maximum Gasteiger partial charge on any atom is 1.00 e. The van der Waals surface area contributed by atoms with Crippen LogP contribution in [-0.4, -0.2) is 43.9 Å². The molecule has 0 radical (unpaired) electrons. The summed E-state index contributed by atoms with van der Waals surface area (Å²) in [6, 6.07) is 7.28. The Morgan fingerprint density at radius 3 is 1.81 bits per heavy atom. The zero-order valence-electron chi connectivity index (χ0n) is 30.7. The number of alkyl halides is 6. The molecule has 4 rings (SSSR count). The average molecular weight is 776 g/mol. The number of nitrogens with zero attached hydrogens (tertiary/aromatic N) is 3. The van der Waals surface area contributed by atoms with Crippen LogP contribution in [0.3, 0.4) is 0 Å². The zero-order chi connectivity index (χ0) is 39.3. The summed E-state index contributed by atoms with van der Waals surface area (Å²) in [5.41, 5.74) is -2.43. The van der Waals surface area contributed by atoms with Crippen molar-refractivity contribution in [3.8, 4) is 34.1 Å². The van der Waals surface area contributed by atoms with Gasteiger partial charge in [0.25, 0.3) is 0 Å². The number of benzene rings is 3. The molecule has 0 unspecified atom stereocenters. The van der Waals surface area contributed by atoms with Crippen molar-refractivity contribution in [1.29, 1.82) is 0 Å². The number of rotatable bonds is 14. The van der Waals surface area contributed by atoms with Gasteiger partial charge in [-0.05, 0) is 76.9 Å². The van der Waals surface area contributed by atoms with Gasteiger partial charge in [0.15, 0.2) is 17.2 Å². The fraction of sp³-hybridized carbons (Fsp3) is 0.378. The molecule has 0 aliphatic heterocycles. The zero-order valence-corrected chi connectivity index (χ0v) is 32.7. The first kappa shape index (κ1) is 44.1. The number of carboxylic acids is 1. The largest absolute Gasteiger partial charge is 1.00 e. The van der Waals surface area contributed by atoms with Crippen molar-refractivity contribution in [3.05, 3.63) is 88.5 Å². The molecule has 0 N–H and O–H groups in total. The number of ether oxygens (including phenoxy) is 4. The van der Waals surface area contributed by atoms with Gasteiger partial charge >= 0.3 is 41.9 Å². The quantitative estimate of drug-likeness (QED) is 0.102. The van der Waals surface area contributed by atoms with Crippen molar-refractivity contribution in [2.24, 2.45) is 0 Å². The molecule has 0 aliphatic rings. The standard InChI is InChI=1S/C37H38F7N3O6.Na/c1-35(2,3)28-14-27(30(50-4)16-29(28)38)26-15-32(52-6)31(51-5)12-22(26)20-47(34-45-17-25(18-46-34)53-9-7-8-33(48)49)19-21-10-23(36(39,40)41)13-24(11-21)37(42,43)44;/h10-18H,7-9,19-20H2,1-6H3,(H,48,49);/q;+1/p-1. The molecule has 0 fully saturated rings. The third kappa shape index (κ3) is 11.1. The summed E-state index contributed by atoms with van der Waals surface area (Å²) in [6.45, 7) is 4.66. The van der Waals surface area contributed by atoms with E-state index in [9.17, 15) is 36.2 Å². The van der Waals surface area contributed by atoms with E-state index in [2.05, 4.69) is 9.97 Å². The Labute approximate surface area is 329 Å². The van der Waals surface area contributed by atoms with Gasteiger partial charge in [-0.1, -0.05) is 20.8 Å². The number of methoxy groups -OCH3 is 3. The van der Waals surface area contributed by atoms with Gasteiger partial charge in [0.2, 0.25) is 5.95 Å². The van der Waals surface area contributed by atoms with Crippen LogP contribution >= 0.6 is 0 Å². The van der Waals surface area contributed by atoms with E-state index >= 15 is 4.39 Å². The number of hydrogen-bond acceptors (Lipinski definition) is 9. The van der Waals surface area contributed by atoms with Gasteiger partial charge in [-0.3, -0.25) is 0 Å². The molecule has 0 saturated heterocycles. The van der Waals surface area contributed by atoms with Crippen LogP contribution in [0.5, 0.6) is 23.0 Å². The van der Waals surface area contributed by atoms with Crippen LogP contribution in [0.4, 0.5) is 36.7 Å². The Kier molecular flexibility index (Phi) is 14.6. The van der Waals surface area contributed by atoms with E-state index in [0.717, 1.165) is 0 Å². The van der Waals surface area contributed by atoms with Crippen molar-refractivity contribution in [1.82, 2.24) is 9.97 Å². The number of aliphatic carboxylic acids is 1. The van der Waals surface area contributed by atoms with E-state index in [1.165, 1.54) is 44.7 Å². The molecule has 286 valence electrons. The minimum atomic E-state index is -5.09. The summed E-state index contributed by atoms with van der Waals surface area (Å²) in [5.74, 6) is -1.12. The Morgan fingerprint density at radius 1 is 0.759 bits per heavy atom. The first-order chi connectivity index (χ1) is 24.7. The third-order valence-corrected chi connectivity index (χ3v) is 8.07. The van der Waals surface area contributed by atoms with Crippen LogP contribution in [-0.2, 0) is 35.7 Å². The molecule has 1 heterocycles. The van der Waals surface area contributed by atoms with Crippen molar-refractivity contribution in [2.75, 3.05) is 32.8 Å². The van der Waals surface area contributed by atoms with Gasteiger partial charge in [-0.25, -0.2) is 14.4 Å². The van der Waals surface area contributed by atoms with Crippen LogP contribution in [0.15, 0.2) is 54.9 Å². The average Bonchev–Trinajstić information content (AvgIpc) is 3.08. The van der Waals surface area contributed by atoms with Crippen LogP contribution < -0.4 is 58.5 Å². The van der Waals surface area contributed by atoms with E-state index < -0.39 is 47.2 Å². The fourth-order valence-corrected chi connectivity index (χ4v) is 5.50. The maximum atomic E-state index is 15.3. The summed E-state index contributed by atoms with van der Waals surface area (Å²) in [4.78, 5) is 20.6. The van der Waals surface area contributed by atoms with Gasteiger partial charge in [0.05, 0.1) is 51.5 Å². The second-order valence-corrected chi connectivity index (χ2v) is 13.0. The molecular weight excluding hydrogens is 738 g/mol. The molecule has 1 aromatic heterocycles. The molecule has 9 nitrogen and oxygen atoms in total. The van der Waals surface area contributed by atoms with Crippen LogP contribution in [0.1, 0.15) is 61.4 Å². The number of carbonyl (C=O) groups excluding carboxylic acids is 1. The second-order valence-electron chi connectivity index (χ2n) is 13.0. The Hall–Kier alpha value is -4.28. The summed E-state index contributed by atoms with van der Waals surface area (Å²) >= 11 is 0. The van der Waals surface area contributed by atoms with Crippen LogP contribution in [0.25, 0.3) is 11.1 Å². The monoisotopic (exact) mass is 775 g/mol. The van der Waals surface area contributed by atoms with Crippen molar-refractivity contribution in [2.45, 2.75) is 64.5 Å². The molecule has 3 aromatic carbocycles. The minimum Gasteiger partial charge on any atom is -0.550 e. The molecule has 0 spiro atoms. The first-order valence-corrected chi connectivity index (χ1v) is 16.1. The summed E-state index contributed by atoms with van der Waals surface area (Å²) in [5, 5.41) is 10.7. The number of carboxylic acid groups (broad SMARTS) is 1. The van der Waals surface area contributed by atoms with E-state index in [1.54, 1.807) is 18.2 Å². The number of anilines is 1. The molecule has 0 amide bonds. The molecule has 0 atom stereocenters. The van der Waals surface area contributed by atoms with Gasteiger partial charge in [-0.2, -0.15) is 26.3 Å². The van der Waals surface area contributed by atoms with E-state index in [1.807, 2.05) is 20.8 Å². The van der Waals surface area contributed by atoms with Gasteiger partial charge in [0, 0.05) is 30.7 Å². The third-order valence-electron chi connectivity index (χ3n) is 8.07. The van der Waals surface area contributed by atoms with Crippen molar-refractivity contribution in [3.63, 3.8) is 0 Å². The van der Waals surface area contributed by atoms with Gasteiger partial charge < -0.3 is 33.7 Å². The second kappa shape index (κ2) is 17.9. The number of aromatic nitrogens is 2. The minimum absolute atomic E-state index is 0. The van der Waals surface area contributed by atoms with Gasteiger partial charge in [0.1, 0.15) is 11.6 Å². The Balaban J connectivity index is 0.00000784. The molecule has 4 aromatic rings. The van der Waals surface area contributed by atoms with Crippen LogP contribution in [0, 0.1) is 5.82 Å². The summed E-state index contributed by atoms with van der Waals surface area (Å²) in [6.07, 6.45) is -7.85.